The molecule has 0 aliphatic rings. The van der Waals surface area contributed by atoms with Gasteiger partial charge >= 0.3 is 11.9 Å². The molecule has 12 heteroatoms. The number of allylic oxidation sites excluding steroid dienone is 3. The van der Waals surface area contributed by atoms with Gasteiger partial charge in [0.25, 0.3) is 0 Å². The Kier molecular flexibility index (Phi) is 20.7. The van der Waals surface area contributed by atoms with Crippen molar-refractivity contribution >= 4 is 35.6 Å². The number of hydrogen-bond donors (Lipinski definition) is 4. The van der Waals surface area contributed by atoms with Crippen LogP contribution in [0.5, 0.6) is 0 Å². The second kappa shape index (κ2) is 23.0. The van der Waals surface area contributed by atoms with Crippen LogP contribution in [0, 0.1) is 0 Å². The molecule has 1 aromatic rings. The molecule has 4 amide bonds. The zero-order valence-electron chi connectivity index (χ0n) is 26.5. The lowest BCUT2D eigenvalue weighted by Gasteiger charge is -2.16. The Morgan fingerprint density at radius 1 is 0.727 bits per heavy atom. The predicted octanol–water partition coefficient (Wildman–Crippen LogP) is 2.54. The van der Waals surface area contributed by atoms with E-state index < -0.39 is 35.8 Å². The molecule has 0 radical (unpaired) electrons. The Labute approximate surface area is 260 Å². The first-order chi connectivity index (χ1) is 20.7. The number of hydrogen-bond acceptors (Lipinski definition) is 8. The summed E-state index contributed by atoms with van der Waals surface area (Å²) in [5.74, 6) is -2.88. The third-order valence-corrected chi connectivity index (χ3v) is 5.91. The van der Waals surface area contributed by atoms with Gasteiger partial charge in [0, 0.05) is 33.1 Å². The van der Waals surface area contributed by atoms with Crippen molar-refractivity contribution in [3.8, 4) is 0 Å². The number of nitrogens with two attached hydrogens (primary N) is 2. The highest BCUT2D eigenvalue weighted by Crippen LogP contribution is 2.07. The first kappa shape index (κ1) is 39.5. The fourth-order valence-corrected chi connectivity index (χ4v) is 3.63. The number of nitrogens with one attached hydrogen (secondary N) is 2. The van der Waals surface area contributed by atoms with Crippen molar-refractivity contribution in [3.63, 3.8) is 0 Å². The van der Waals surface area contributed by atoms with Gasteiger partial charge < -0.3 is 31.6 Å². The number of carbonyl (C=O) groups excluding carboxylic acids is 6. The summed E-state index contributed by atoms with van der Waals surface area (Å²) < 4.78 is 10.3. The number of ether oxygens (including phenoxy) is 2. The van der Waals surface area contributed by atoms with Gasteiger partial charge in [0.2, 0.25) is 23.6 Å². The molecule has 244 valence electrons. The first-order valence-electron chi connectivity index (χ1n) is 14.5. The van der Waals surface area contributed by atoms with Gasteiger partial charge in [-0.15, -0.1) is 0 Å². The largest absolute Gasteiger partial charge is 0.464 e. The van der Waals surface area contributed by atoms with E-state index in [1.807, 2.05) is 43.3 Å². The normalized spacial score (nSPS) is 11.9. The second-order valence-corrected chi connectivity index (χ2v) is 10.4. The van der Waals surface area contributed by atoms with E-state index in [0.717, 1.165) is 24.0 Å². The molecule has 0 saturated heterocycles. The zero-order chi connectivity index (χ0) is 33.5. The topological polar surface area (TPSA) is 197 Å². The average Bonchev–Trinajstić information content (AvgIpc) is 2.93. The van der Waals surface area contributed by atoms with Crippen LogP contribution in [0.25, 0.3) is 0 Å². The minimum absolute atomic E-state index is 0.0115. The van der Waals surface area contributed by atoms with E-state index in [-0.39, 0.29) is 50.7 Å². The van der Waals surface area contributed by atoms with Gasteiger partial charge in [-0.2, -0.15) is 0 Å². The van der Waals surface area contributed by atoms with Gasteiger partial charge in [-0.25, -0.2) is 9.59 Å². The lowest BCUT2D eigenvalue weighted by Crippen LogP contribution is -2.41. The molecule has 0 bridgehead atoms. The summed E-state index contributed by atoms with van der Waals surface area (Å²) in [4.78, 5) is 67.6. The Hall–Kier alpha value is -4.48. The standard InChI is InChI=1S/C17H28N2O4.C15H20N2O4/c1-12(2)6-5-7-13(3)10-11-23-17(22)15(19-14(4)20)8-9-16(18)21;1-11(18)17-13(7-8-14(16)19)15(20)21-10-9-12-5-3-2-4-6-12/h6,10,15H,5,7-9,11H2,1-4H3,(H2,18,21)(H,19,20);2-6,13H,7-10H2,1H3,(H2,16,19)(H,17,18)/b13-10+;/t15-;13-/m00/s1. The van der Waals surface area contributed by atoms with E-state index >= 15 is 0 Å². The van der Waals surface area contributed by atoms with Gasteiger partial charge in [-0.1, -0.05) is 47.6 Å². The van der Waals surface area contributed by atoms with Crippen molar-refractivity contribution in [1.29, 1.82) is 0 Å². The maximum atomic E-state index is 11.9. The fraction of sp³-hybridized carbons (Fsp3) is 0.500. The lowest BCUT2D eigenvalue weighted by atomic mass is 10.1. The minimum Gasteiger partial charge on any atom is -0.464 e. The summed E-state index contributed by atoms with van der Waals surface area (Å²) in [6.45, 7) is 9.04. The highest BCUT2D eigenvalue weighted by Gasteiger charge is 2.22. The van der Waals surface area contributed by atoms with E-state index in [0.29, 0.717) is 6.42 Å². The minimum atomic E-state index is -0.848. The van der Waals surface area contributed by atoms with E-state index in [4.69, 9.17) is 20.9 Å². The smallest absolute Gasteiger partial charge is 0.328 e. The van der Waals surface area contributed by atoms with Crippen LogP contribution in [0.1, 0.15) is 78.7 Å². The van der Waals surface area contributed by atoms with E-state index in [2.05, 4.69) is 30.6 Å². The van der Waals surface area contributed by atoms with Gasteiger partial charge in [-0.3, -0.25) is 19.2 Å². The molecule has 2 atom stereocenters. The molecule has 44 heavy (non-hydrogen) atoms. The molecule has 0 aliphatic heterocycles. The second-order valence-electron chi connectivity index (χ2n) is 10.4. The number of benzene rings is 1. The van der Waals surface area contributed by atoms with Gasteiger partial charge in [0.1, 0.15) is 18.7 Å². The van der Waals surface area contributed by atoms with E-state index in [9.17, 15) is 28.8 Å². The van der Waals surface area contributed by atoms with Gasteiger partial charge in [0.15, 0.2) is 0 Å². The van der Waals surface area contributed by atoms with Crippen LogP contribution in [-0.2, 0) is 44.7 Å². The van der Waals surface area contributed by atoms with Crippen LogP contribution < -0.4 is 22.1 Å². The quantitative estimate of drug-likeness (QED) is 0.142. The van der Waals surface area contributed by atoms with Crippen molar-refractivity contribution in [3.05, 3.63) is 59.2 Å². The third kappa shape index (κ3) is 22.2. The van der Waals surface area contributed by atoms with E-state index in [1.165, 1.54) is 19.4 Å². The highest BCUT2D eigenvalue weighted by atomic mass is 16.5. The van der Waals surface area contributed by atoms with Crippen molar-refractivity contribution in [2.75, 3.05) is 13.2 Å². The maximum absolute atomic E-state index is 11.9. The maximum Gasteiger partial charge on any atom is 0.328 e. The third-order valence-electron chi connectivity index (χ3n) is 5.91. The molecule has 0 aromatic heterocycles. The Morgan fingerprint density at radius 2 is 1.23 bits per heavy atom. The van der Waals surface area contributed by atoms with Crippen LogP contribution in [0.2, 0.25) is 0 Å². The monoisotopic (exact) mass is 616 g/mol. The number of amides is 4. The molecule has 12 nitrogen and oxygen atoms in total. The zero-order valence-corrected chi connectivity index (χ0v) is 26.5. The van der Waals surface area contributed by atoms with Crippen LogP contribution in [0.4, 0.5) is 0 Å². The Morgan fingerprint density at radius 3 is 1.68 bits per heavy atom. The summed E-state index contributed by atoms with van der Waals surface area (Å²) >= 11 is 0. The van der Waals surface area contributed by atoms with Crippen LogP contribution in [0.15, 0.2) is 53.6 Å². The van der Waals surface area contributed by atoms with Gasteiger partial charge in [0.05, 0.1) is 6.61 Å². The number of esters is 2. The van der Waals surface area contributed by atoms with Crippen LogP contribution >= 0.6 is 0 Å². The lowest BCUT2D eigenvalue weighted by molar-refractivity contribution is -0.148. The number of carbonyl (C=O) groups is 6. The molecule has 1 aromatic carbocycles. The first-order valence-corrected chi connectivity index (χ1v) is 14.5. The molecule has 0 heterocycles. The number of primary amides is 2. The van der Waals surface area contributed by atoms with E-state index in [1.54, 1.807) is 0 Å². The van der Waals surface area contributed by atoms with Crippen LogP contribution in [-0.4, -0.2) is 60.9 Å². The summed E-state index contributed by atoms with van der Waals surface area (Å²) in [6, 6.07) is 7.91. The predicted molar refractivity (Wildman–Crippen MR) is 167 cm³/mol. The molecule has 1 rings (SSSR count). The van der Waals surface area contributed by atoms with Crippen LogP contribution in [0.3, 0.4) is 0 Å². The van der Waals surface area contributed by atoms with Crippen molar-refractivity contribution in [2.45, 2.75) is 91.6 Å². The van der Waals surface area contributed by atoms with Crippen molar-refractivity contribution < 1.29 is 38.2 Å². The molecular formula is C32H48N4O8. The summed E-state index contributed by atoms with van der Waals surface area (Å²) in [5.41, 5.74) is 13.6. The molecule has 0 fully saturated rings. The van der Waals surface area contributed by atoms with Gasteiger partial charge in [-0.05, 0) is 58.1 Å². The summed E-state index contributed by atoms with van der Waals surface area (Å²) in [7, 11) is 0. The molecule has 0 saturated carbocycles. The van der Waals surface area contributed by atoms with Crippen molar-refractivity contribution in [2.24, 2.45) is 11.5 Å². The summed E-state index contributed by atoms with van der Waals surface area (Å²) in [5, 5.41) is 4.93. The molecule has 6 N–H and O–H groups in total. The number of rotatable bonds is 18. The average molecular weight is 617 g/mol. The molecular weight excluding hydrogens is 568 g/mol. The Bertz CT molecular complexity index is 1140. The van der Waals surface area contributed by atoms with Crippen molar-refractivity contribution in [1.82, 2.24) is 10.6 Å². The highest BCUT2D eigenvalue weighted by molar-refractivity contribution is 5.85. The fourth-order valence-electron chi connectivity index (χ4n) is 3.63. The molecule has 0 spiro atoms. The molecule has 0 unspecified atom stereocenters. The SMILES string of the molecule is CC(=O)N[C@@H](CCC(N)=O)C(=O)OC/C=C(\C)CCC=C(C)C.CC(=O)N[C@@H](CCC(N)=O)C(=O)OCCc1ccccc1. The molecule has 0 aliphatic carbocycles. The Balaban J connectivity index is 0.000000843. The summed E-state index contributed by atoms with van der Waals surface area (Å²) in [6.07, 6.45) is 6.74.